The van der Waals surface area contributed by atoms with Crippen molar-refractivity contribution in [2.45, 2.75) is 27.7 Å². The SMILES string of the molecule is C=CCN1CCN(CC)CCN(CC(=C)C)CCN(CC(=C)C(C)C)CC1.C=CO. The van der Waals surface area contributed by atoms with Gasteiger partial charge in [-0.15, -0.1) is 6.58 Å². The summed E-state index contributed by atoms with van der Waals surface area (Å²) in [6, 6.07) is 0. The number of aliphatic hydroxyl groups is 1. The highest BCUT2D eigenvalue weighted by atomic mass is 16.2. The molecule has 1 aliphatic rings. The Morgan fingerprint density at radius 3 is 1.60 bits per heavy atom. The van der Waals surface area contributed by atoms with Crippen molar-refractivity contribution >= 4 is 0 Å². The van der Waals surface area contributed by atoms with Gasteiger partial charge in [-0.25, -0.2) is 0 Å². The van der Waals surface area contributed by atoms with Crippen LogP contribution in [0.2, 0.25) is 0 Å². The minimum absolute atomic E-state index is 0.542. The lowest BCUT2D eigenvalue weighted by Crippen LogP contribution is -2.46. The number of nitrogens with zero attached hydrogens (tertiary/aromatic N) is 4. The van der Waals surface area contributed by atoms with Crippen LogP contribution in [0.3, 0.4) is 0 Å². The third-order valence-corrected chi connectivity index (χ3v) is 5.50. The first kappa shape index (κ1) is 28.6. The second kappa shape index (κ2) is 17.3. The molecule has 0 bridgehead atoms. The van der Waals surface area contributed by atoms with Crippen LogP contribution < -0.4 is 0 Å². The van der Waals surface area contributed by atoms with E-state index in [1.165, 1.54) is 11.1 Å². The lowest BCUT2D eigenvalue weighted by atomic mass is 10.1. The number of rotatable bonds is 8. The first-order chi connectivity index (χ1) is 14.3. The standard InChI is InChI=1S/C23H44N4.C2H4O/c1-8-10-25-13-11-24(9-2)12-15-26(19-21(3)4)17-18-27(16-14-25)20-23(7)22(5)6;1-2-3/h8,22H,1,3,7,9-20H2,2,4-6H3;2-3H,1H2. The Labute approximate surface area is 187 Å². The number of aliphatic hydroxyl groups excluding tert-OH is 1. The van der Waals surface area contributed by atoms with Gasteiger partial charge in [0.05, 0.1) is 6.26 Å². The summed E-state index contributed by atoms with van der Waals surface area (Å²) < 4.78 is 0. The number of hydrogen-bond donors (Lipinski definition) is 1. The molecule has 1 fully saturated rings. The molecule has 1 saturated heterocycles. The monoisotopic (exact) mass is 420 g/mol. The lowest BCUT2D eigenvalue weighted by molar-refractivity contribution is 0.147. The van der Waals surface area contributed by atoms with Crippen molar-refractivity contribution in [3.63, 3.8) is 0 Å². The van der Waals surface area contributed by atoms with E-state index in [9.17, 15) is 0 Å². The van der Waals surface area contributed by atoms with Crippen LogP contribution >= 0.6 is 0 Å². The Bertz CT molecular complexity index is 503. The summed E-state index contributed by atoms with van der Waals surface area (Å²) in [6.07, 6.45) is 2.79. The molecular weight excluding hydrogens is 372 g/mol. The zero-order valence-corrected chi connectivity index (χ0v) is 20.3. The van der Waals surface area contributed by atoms with Crippen molar-refractivity contribution in [1.82, 2.24) is 19.6 Å². The van der Waals surface area contributed by atoms with Gasteiger partial charge in [-0.3, -0.25) is 14.7 Å². The van der Waals surface area contributed by atoms with E-state index < -0.39 is 0 Å². The lowest BCUT2D eigenvalue weighted by Gasteiger charge is -2.34. The first-order valence-corrected chi connectivity index (χ1v) is 11.3. The van der Waals surface area contributed by atoms with Crippen LogP contribution in [0.5, 0.6) is 0 Å². The largest absolute Gasteiger partial charge is 0.516 e. The summed E-state index contributed by atoms with van der Waals surface area (Å²) in [5, 5.41) is 7.33. The summed E-state index contributed by atoms with van der Waals surface area (Å²) in [7, 11) is 0. The second-order valence-electron chi connectivity index (χ2n) is 8.53. The summed E-state index contributed by atoms with van der Waals surface area (Å²) in [5.41, 5.74) is 2.58. The summed E-state index contributed by atoms with van der Waals surface area (Å²) >= 11 is 0. The van der Waals surface area contributed by atoms with Gasteiger partial charge in [0.15, 0.2) is 0 Å². The van der Waals surface area contributed by atoms with Gasteiger partial charge in [0.25, 0.3) is 0 Å². The highest BCUT2D eigenvalue weighted by molar-refractivity contribution is 5.01. The predicted molar refractivity (Wildman–Crippen MR) is 133 cm³/mol. The molecule has 30 heavy (non-hydrogen) atoms. The smallest absolute Gasteiger partial charge is 0.0719 e. The molecule has 0 aromatic carbocycles. The van der Waals surface area contributed by atoms with Crippen molar-refractivity contribution in [3.8, 4) is 0 Å². The molecule has 0 saturated carbocycles. The molecule has 0 aliphatic carbocycles. The zero-order chi connectivity index (χ0) is 22.9. The molecule has 174 valence electrons. The number of hydrogen-bond acceptors (Lipinski definition) is 5. The van der Waals surface area contributed by atoms with E-state index in [0.717, 1.165) is 84.8 Å². The minimum Gasteiger partial charge on any atom is -0.516 e. The topological polar surface area (TPSA) is 33.2 Å². The van der Waals surface area contributed by atoms with Crippen molar-refractivity contribution in [3.05, 3.63) is 49.8 Å². The zero-order valence-electron chi connectivity index (χ0n) is 20.3. The van der Waals surface area contributed by atoms with Crippen molar-refractivity contribution < 1.29 is 5.11 Å². The van der Waals surface area contributed by atoms with E-state index >= 15 is 0 Å². The van der Waals surface area contributed by atoms with E-state index in [2.05, 4.69) is 73.6 Å². The van der Waals surface area contributed by atoms with Gasteiger partial charge in [-0.2, -0.15) is 0 Å². The highest BCUT2D eigenvalue weighted by Crippen LogP contribution is 2.10. The Hall–Kier alpha value is -1.40. The average molecular weight is 421 g/mol. The first-order valence-electron chi connectivity index (χ1n) is 11.3. The molecule has 0 unspecified atom stereocenters. The molecule has 5 nitrogen and oxygen atoms in total. The van der Waals surface area contributed by atoms with Crippen molar-refractivity contribution in [2.24, 2.45) is 5.92 Å². The molecular formula is C25H48N4O. The molecule has 5 heteroatoms. The van der Waals surface area contributed by atoms with Crippen LogP contribution in [-0.4, -0.2) is 103 Å². The van der Waals surface area contributed by atoms with Gasteiger partial charge in [0.1, 0.15) is 0 Å². The van der Waals surface area contributed by atoms with E-state index in [0.29, 0.717) is 5.92 Å². The van der Waals surface area contributed by atoms with E-state index in [1.54, 1.807) is 0 Å². The Morgan fingerprint density at radius 2 is 1.23 bits per heavy atom. The van der Waals surface area contributed by atoms with Crippen LogP contribution in [0.1, 0.15) is 27.7 Å². The van der Waals surface area contributed by atoms with Gasteiger partial charge < -0.3 is 10.0 Å². The molecule has 1 N–H and O–H groups in total. The van der Waals surface area contributed by atoms with Gasteiger partial charge in [-0.1, -0.05) is 57.7 Å². The highest BCUT2D eigenvalue weighted by Gasteiger charge is 2.16. The second-order valence-corrected chi connectivity index (χ2v) is 8.53. The maximum absolute atomic E-state index is 7.33. The molecule has 0 radical (unpaired) electrons. The Morgan fingerprint density at radius 1 is 0.833 bits per heavy atom. The predicted octanol–water partition coefficient (Wildman–Crippen LogP) is 3.89. The van der Waals surface area contributed by atoms with E-state index in [4.69, 9.17) is 5.11 Å². The average Bonchev–Trinajstić information content (AvgIpc) is 2.68. The summed E-state index contributed by atoms with van der Waals surface area (Å²) in [6.45, 7) is 37.2. The molecule has 0 spiro atoms. The van der Waals surface area contributed by atoms with Crippen LogP contribution in [0.15, 0.2) is 49.8 Å². The van der Waals surface area contributed by atoms with Gasteiger partial charge in [0.2, 0.25) is 0 Å². The summed E-state index contributed by atoms with van der Waals surface area (Å²) in [5.74, 6) is 0.542. The molecule has 1 heterocycles. The van der Waals surface area contributed by atoms with Crippen LogP contribution in [0, 0.1) is 5.92 Å². The molecule has 0 atom stereocenters. The Kier molecular flexibility index (Phi) is 16.5. The molecule has 0 amide bonds. The van der Waals surface area contributed by atoms with Gasteiger partial charge in [0, 0.05) is 72.0 Å². The fourth-order valence-corrected chi connectivity index (χ4v) is 3.43. The third-order valence-electron chi connectivity index (χ3n) is 5.50. The van der Waals surface area contributed by atoms with E-state index in [1.807, 2.05) is 6.08 Å². The molecule has 0 aromatic heterocycles. The van der Waals surface area contributed by atoms with Crippen LogP contribution in [0.25, 0.3) is 0 Å². The normalized spacial score (nSPS) is 18.6. The minimum atomic E-state index is 0.542. The van der Waals surface area contributed by atoms with Crippen molar-refractivity contribution in [1.29, 1.82) is 0 Å². The molecule has 1 rings (SSSR count). The van der Waals surface area contributed by atoms with Crippen LogP contribution in [0.4, 0.5) is 0 Å². The maximum atomic E-state index is 7.33. The number of likely N-dealkylation sites (N-methyl/N-ethyl adjacent to an activating group) is 1. The van der Waals surface area contributed by atoms with Gasteiger partial charge >= 0.3 is 0 Å². The molecule has 1 aliphatic heterocycles. The fraction of sp³-hybridized carbons (Fsp3) is 0.680. The summed E-state index contributed by atoms with van der Waals surface area (Å²) in [4.78, 5) is 10.3. The Balaban J connectivity index is 0.00000263. The quantitative estimate of drug-likeness (QED) is 0.476. The third kappa shape index (κ3) is 13.8. The molecule has 0 aromatic rings. The van der Waals surface area contributed by atoms with Gasteiger partial charge in [-0.05, 0) is 19.4 Å². The van der Waals surface area contributed by atoms with Crippen molar-refractivity contribution in [2.75, 3.05) is 78.5 Å². The van der Waals surface area contributed by atoms with E-state index in [-0.39, 0.29) is 0 Å². The fourth-order valence-electron chi connectivity index (χ4n) is 3.43. The van der Waals surface area contributed by atoms with Crippen LogP contribution in [-0.2, 0) is 0 Å². The maximum Gasteiger partial charge on any atom is 0.0719 e.